The molecule has 0 atom stereocenters. The van der Waals surface area contributed by atoms with Crippen molar-refractivity contribution in [3.05, 3.63) is 58.6 Å². The van der Waals surface area contributed by atoms with Crippen LogP contribution in [0, 0.1) is 6.92 Å². The van der Waals surface area contributed by atoms with E-state index in [-0.39, 0.29) is 4.90 Å². The van der Waals surface area contributed by atoms with Gasteiger partial charge in [-0.25, -0.2) is 13.1 Å². The Morgan fingerprint density at radius 1 is 1.14 bits per heavy atom. The second-order valence-electron chi connectivity index (χ2n) is 4.79. The number of anilines is 1. The molecule has 0 fully saturated rings. The van der Waals surface area contributed by atoms with Gasteiger partial charge in [-0.15, -0.1) is 0 Å². The molecule has 0 saturated carbocycles. The van der Waals surface area contributed by atoms with Crippen LogP contribution in [0.2, 0.25) is 5.02 Å². The summed E-state index contributed by atoms with van der Waals surface area (Å²) in [5.41, 5.74) is 8.04. The van der Waals surface area contributed by atoms with Crippen molar-refractivity contribution >= 4 is 27.3 Å². The minimum absolute atomic E-state index is 0.227. The lowest BCUT2D eigenvalue weighted by Gasteiger charge is -2.08. The standard InChI is InChI=1S/C15H17ClN2O2S/c1-11-10-14(6-7-15(11)17)21(19,20)18-9-8-12-2-4-13(16)5-3-12/h2-7,10,18H,8-9,17H2,1H3. The Labute approximate surface area is 130 Å². The number of nitrogens with one attached hydrogen (secondary N) is 1. The number of hydrogen-bond acceptors (Lipinski definition) is 3. The summed E-state index contributed by atoms with van der Waals surface area (Å²) >= 11 is 5.80. The SMILES string of the molecule is Cc1cc(S(=O)(=O)NCCc2ccc(Cl)cc2)ccc1N. The number of aryl methyl sites for hydroxylation is 1. The van der Waals surface area contributed by atoms with Gasteiger partial charge in [0.15, 0.2) is 0 Å². The first-order chi connectivity index (χ1) is 9.88. The zero-order valence-electron chi connectivity index (χ0n) is 11.6. The van der Waals surface area contributed by atoms with Gasteiger partial charge >= 0.3 is 0 Å². The van der Waals surface area contributed by atoms with Crippen LogP contribution in [0.1, 0.15) is 11.1 Å². The Kier molecular flexibility index (Phi) is 4.88. The lowest BCUT2D eigenvalue weighted by atomic mass is 10.2. The largest absolute Gasteiger partial charge is 0.399 e. The van der Waals surface area contributed by atoms with Crippen LogP contribution in [0.15, 0.2) is 47.4 Å². The van der Waals surface area contributed by atoms with Crippen LogP contribution in [0.25, 0.3) is 0 Å². The maximum Gasteiger partial charge on any atom is 0.240 e. The fourth-order valence-corrected chi connectivity index (χ4v) is 3.12. The third kappa shape index (κ3) is 4.20. The molecule has 3 N–H and O–H groups in total. The molecule has 0 saturated heterocycles. The maximum absolute atomic E-state index is 12.2. The summed E-state index contributed by atoms with van der Waals surface area (Å²) in [5.74, 6) is 0. The molecule has 0 aliphatic carbocycles. The molecule has 2 rings (SSSR count). The van der Waals surface area contributed by atoms with Gasteiger partial charge in [0.2, 0.25) is 10.0 Å². The number of hydrogen-bond donors (Lipinski definition) is 2. The fourth-order valence-electron chi connectivity index (χ4n) is 1.88. The summed E-state index contributed by atoms with van der Waals surface area (Å²) in [6, 6.07) is 12.0. The molecule has 112 valence electrons. The monoisotopic (exact) mass is 324 g/mol. The minimum atomic E-state index is -3.51. The van der Waals surface area contributed by atoms with Crippen molar-refractivity contribution in [1.29, 1.82) is 0 Å². The van der Waals surface area contributed by atoms with Crippen LogP contribution in [-0.4, -0.2) is 15.0 Å². The number of sulfonamides is 1. The van der Waals surface area contributed by atoms with E-state index in [0.717, 1.165) is 11.1 Å². The molecule has 4 nitrogen and oxygen atoms in total. The maximum atomic E-state index is 12.2. The second-order valence-corrected chi connectivity index (χ2v) is 7.00. The Balaban J connectivity index is 2.01. The van der Waals surface area contributed by atoms with E-state index in [1.54, 1.807) is 31.2 Å². The average Bonchev–Trinajstić information content (AvgIpc) is 2.44. The lowest BCUT2D eigenvalue weighted by molar-refractivity contribution is 0.581. The molecule has 0 aliphatic heterocycles. The number of nitrogens with two attached hydrogens (primary N) is 1. The van der Waals surface area contributed by atoms with Crippen molar-refractivity contribution in [1.82, 2.24) is 4.72 Å². The predicted molar refractivity (Wildman–Crippen MR) is 85.9 cm³/mol. The van der Waals surface area contributed by atoms with Crippen LogP contribution in [0.5, 0.6) is 0 Å². The predicted octanol–water partition coefficient (Wildman–Crippen LogP) is 2.75. The summed E-state index contributed by atoms with van der Waals surface area (Å²) in [4.78, 5) is 0.227. The molecule has 0 aliphatic rings. The summed E-state index contributed by atoms with van der Waals surface area (Å²) in [7, 11) is -3.51. The Bertz CT molecular complexity index is 728. The average molecular weight is 325 g/mol. The summed E-state index contributed by atoms with van der Waals surface area (Å²) < 4.78 is 26.9. The molecule has 0 heterocycles. The Hall–Kier alpha value is -1.56. The van der Waals surface area contributed by atoms with E-state index >= 15 is 0 Å². The van der Waals surface area contributed by atoms with Gasteiger partial charge in [0.1, 0.15) is 0 Å². The third-order valence-corrected chi connectivity index (χ3v) is 4.88. The molecule has 2 aromatic rings. The van der Waals surface area contributed by atoms with Gasteiger partial charge in [-0.3, -0.25) is 0 Å². The van der Waals surface area contributed by atoms with E-state index in [9.17, 15) is 8.42 Å². The molecule has 0 radical (unpaired) electrons. The highest BCUT2D eigenvalue weighted by molar-refractivity contribution is 7.89. The quantitative estimate of drug-likeness (QED) is 0.831. The van der Waals surface area contributed by atoms with Crippen LogP contribution in [0.4, 0.5) is 5.69 Å². The van der Waals surface area contributed by atoms with Crippen molar-refractivity contribution < 1.29 is 8.42 Å². The first kappa shape index (κ1) is 15.8. The highest BCUT2D eigenvalue weighted by atomic mass is 35.5. The number of benzene rings is 2. The second kappa shape index (κ2) is 6.47. The summed E-state index contributed by atoms with van der Waals surface area (Å²) in [6.07, 6.45) is 0.602. The van der Waals surface area contributed by atoms with E-state index in [2.05, 4.69) is 4.72 Å². The highest BCUT2D eigenvalue weighted by Gasteiger charge is 2.14. The smallest absolute Gasteiger partial charge is 0.240 e. The van der Waals surface area contributed by atoms with Crippen LogP contribution in [0.3, 0.4) is 0 Å². The van der Waals surface area contributed by atoms with Gasteiger partial charge in [0.05, 0.1) is 4.90 Å². The van der Waals surface area contributed by atoms with Gasteiger partial charge in [-0.2, -0.15) is 0 Å². The first-order valence-corrected chi connectivity index (χ1v) is 8.35. The number of rotatable bonds is 5. The minimum Gasteiger partial charge on any atom is -0.399 e. The van der Waals surface area contributed by atoms with Crippen molar-refractivity contribution in [2.45, 2.75) is 18.2 Å². The molecule has 0 bridgehead atoms. The van der Waals surface area contributed by atoms with Crippen molar-refractivity contribution in [3.63, 3.8) is 0 Å². The first-order valence-electron chi connectivity index (χ1n) is 6.49. The number of nitrogen functional groups attached to an aromatic ring is 1. The Morgan fingerprint density at radius 3 is 2.43 bits per heavy atom. The van der Waals surface area contributed by atoms with E-state index in [1.165, 1.54) is 6.07 Å². The topological polar surface area (TPSA) is 72.2 Å². The van der Waals surface area contributed by atoms with Crippen LogP contribution >= 0.6 is 11.6 Å². The van der Waals surface area contributed by atoms with Crippen molar-refractivity contribution in [2.75, 3.05) is 12.3 Å². The summed E-state index contributed by atoms with van der Waals surface area (Å²) in [5, 5.41) is 0.664. The molecular formula is C15H17ClN2O2S. The van der Waals surface area contributed by atoms with Gasteiger partial charge in [0.25, 0.3) is 0 Å². The fraction of sp³-hybridized carbons (Fsp3) is 0.200. The van der Waals surface area contributed by atoms with Gasteiger partial charge < -0.3 is 5.73 Å². The van der Waals surface area contributed by atoms with E-state index in [0.29, 0.717) is 23.7 Å². The molecule has 2 aromatic carbocycles. The summed E-state index contributed by atoms with van der Waals surface area (Å²) in [6.45, 7) is 2.11. The molecule has 0 spiro atoms. The van der Waals surface area contributed by atoms with E-state index in [4.69, 9.17) is 17.3 Å². The molecule has 21 heavy (non-hydrogen) atoms. The van der Waals surface area contributed by atoms with E-state index < -0.39 is 10.0 Å². The zero-order chi connectivity index (χ0) is 15.5. The van der Waals surface area contributed by atoms with Crippen LogP contribution < -0.4 is 10.5 Å². The zero-order valence-corrected chi connectivity index (χ0v) is 13.2. The third-order valence-electron chi connectivity index (χ3n) is 3.17. The molecular weight excluding hydrogens is 308 g/mol. The normalized spacial score (nSPS) is 11.5. The highest BCUT2D eigenvalue weighted by Crippen LogP contribution is 2.16. The van der Waals surface area contributed by atoms with Gasteiger partial charge in [-0.05, 0) is 54.8 Å². The van der Waals surface area contributed by atoms with Crippen molar-refractivity contribution in [3.8, 4) is 0 Å². The molecule has 0 unspecified atom stereocenters. The molecule has 0 amide bonds. The van der Waals surface area contributed by atoms with Crippen molar-refractivity contribution in [2.24, 2.45) is 0 Å². The lowest BCUT2D eigenvalue weighted by Crippen LogP contribution is -2.26. The van der Waals surface area contributed by atoms with Gasteiger partial charge in [-0.1, -0.05) is 23.7 Å². The molecule has 6 heteroatoms. The Morgan fingerprint density at radius 2 is 1.81 bits per heavy atom. The number of halogens is 1. The van der Waals surface area contributed by atoms with Gasteiger partial charge in [0, 0.05) is 17.3 Å². The molecule has 0 aromatic heterocycles. The van der Waals surface area contributed by atoms with Crippen LogP contribution in [-0.2, 0) is 16.4 Å². The van der Waals surface area contributed by atoms with E-state index in [1.807, 2.05) is 12.1 Å².